The number of aliphatic carboxylic acids is 1. The van der Waals surface area contributed by atoms with Gasteiger partial charge in [-0.1, -0.05) is 12.1 Å². The van der Waals surface area contributed by atoms with Crippen molar-refractivity contribution in [1.82, 2.24) is 4.31 Å². The lowest BCUT2D eigenvalue weighted by atomic mass is 10.3. The van der Waals surface area contributed by atoms with Crippen molar-refractivity contribution in [2.24, 2.45) is 0 Å². The molecule has 2 rings (SSSR count). The van der Waals surface area contributed by atoms with Crippen LogP contribution < -0.4 is 4.31 Å². The van der Waals surface area contributed by atoms with Crippen molar-refractivity contribution in [3.05, 3.63) is 30.1 Å². The van der Waals surface area contributed by atoms with Crippen molar-refractivity contribution >= 4 is 21.9 Å². The highest BCUT2D eigenvalue weighted by Gasteiger charge is 2.35. The largest absolute Gasteiger partial charge is 0.480 e. The lowest BCUT2D eigenvalue weighted by Gasteiger charge is -2.35. The second-order valence-electron chi connectivity index (χ2n) is 4.11. The van der Waals surface area contributed by atoms with E-state index in [9.17, 15) is 17.6 Å². The summed E-state index contributed by atoms with van der Waals surface area (Å²) in [6.07, 6.45) is 0.445. The Kier molecular flexibility index (Phi) is 3.72. The van der Waals surface area contributed by atoms with Gasteiger partial charge < -0.3 is 5.11 Å². The Morgan fingerprint density at radius 3 is 2.63 bits per heavy atom. The summed E-state index contributed by atoms with van der Waals surface area (Å²) in [4.78, 5) is 10.7. The molecule has 19 heavy (non-hydrogen) atoms. The van der Waals surface area contributed by atoms with E-state index < -0.39 is 28.5 Å². The van der Waals surface area contributed by atoms with Crippen LogP contribution in [0.3, 0.4) is 0 Å². The maximum atomic E-state index is 13.7. The first-order valence-electron chi connectivity index (χ1n) is 5.67. The molecule has 1 N–H and O–H groups in total. The first kappa shape index (κ1) is 13.8. The number of hydrogen-bond donors (Lipinski definition) is 1. The number of para-hydroxylation sites is 1. The summed E-state index contributed by atoms with van der Waals surface area (Å²) >= 11 is 0. The van der Waals surface area contributed by atoms with E-state index in [2.05, 4.69) is 0 Å². The second kappa shape index (κ2) is 5.14. The molecular formula is C11H13FN2O4S. The number of nitrogens with zero attached hydrogens (tertiary/aromatic N) is 2. The zero-order valence-corrected chi connectivity index (χ0v) is 10.8. The molecule has 0 atom stereocenters. The first-order valence-corrected chi connectivity index (χ1v) is 7.07. The second-order valence-corrected chi connectivity index (χ2v) is 5.97. The summed E-state index contributed by atoms with van der Waals surface area (Å²) in [5.74, 6) is -1.89. The van der Waals surface area contributed by atoms with Gasteiger partial charge in [0.2, 0.25) is 0 Å². The predicted octanol–water partition coefficient (Wildman–Crippen LogP) is 0.667. The van der Waals surface area contributed by atoms with Gasteiger partial charge in [-0.15, -0.1) is 0 Å². The molecule has 0 radical (unpaired) electrons. The molecule has 8 heteroatoms. The molecule has 0 spiro atoms. The SMILES string of the molecule is O=C(O)CN1CCCN(c2ccccc2F)S1(=O)=O. The van der Waals surface area contributed by atoms with Gasteiger partial charge in [0, 0.05) is 13.1 Å². The minimum atomic E-state index is -3.99. The molecule has 1 heterocycles. The van der Waals surface area contributed by atoms with E-state index in [0.29, 0.717) is 6.42 Å². The molecule has 1 aliphatic heterocycles. The Balaban J connectivity index is 2.36. The maximum Gasteiger partial charge on any atom is 0.318 e. The van der Waals surface area contributed by atoms with E-state index in [4.69, 9.17) is 5.11 Å². The molecule has 1 aliphatic rings. The molecule has 0 aromatic heterocycles. The van der Waals surface area contributed by atoms with E-state index in [1.807, 2.05) is 0 Å². The van der Waals surface area contributed by atoms with Crippen LogP contribution in [0, 0.1) is 5.82 Å². The van der Waals surface area contributed by atoms with Crippen molar-refractivity contribution in [2.45, 2.75) is 6.42 Å². The zero-order valence-electron chi connectivity index (χ0n) is 9.99. The van der Waals surface area contributed by atoms with Crippen molar-refractivity contribution in [2.75, 3.05) is 23.9 Å². The van der Waals surface area contributed by atoms with Crippen LogP contribution in [-0.2, 0) is 15.0 Å². The fourth-order valence-corrected chi connectivity index (χ4v) is 3.64. The summed E-state index contributed by atoms with van der Waals surface area (Å²) in [5, 5.41) is 8.71. The number of hydrogen-bond acceptors (Lipinski definition) is 3. The van der Waals surface area contributed by atoms with Gasteiger partial charge in [-0.3, -0.25) is 9.10 Å². The van der Waals surface area contributed by atoms with Crippen molar-refractivity contribution in [3.8, 4) is 0 Å². The highest BCUT2D eigenvalue weighted by Crippen LogP contribution is 2.26. The number of benzene rings is 1. The van der Waals surface area contributed by atoms with Crippen LogP contribution in [-0.4, -0.2) is 43.4 Å². The van der Waals surface area contributed by atoms with Crippen LogP contribution in [0.5, 0.6) is 0 Å². The van der Waals surface area contributed by atoms with Crippen molar-refractivity contribution < 1.29 is 22.7 Å². The van der Waals surface area contributed by atoms with Gasteiger partial charge in [0.25, 0.3) is 0 Å². The molecular weight excluding hydrogens is 275 g/mol. The third kappa shape index (κ3) is 2.69. The standard InChI is InChI=1S/C11H13FN2O4S/c12-9-4-1-2-5-10(9)14-7-3-6-13(8-11(15)16)19(14,17)18/h1-2,4-5H,3,6-8H2,(H,15,16). The van der Waals surface area contributed by atoms with Crippen LogP contribution in [0.1, 0.15) is 6.42 Å². The Morgan fingerprint density at radius 1 is 1.32 bits per heavy atom. The van der Waals surface area contributed by atoms with E-state index in [1.165, 1.54) is 24.3 Å². The van der Waals surface area contributed by atoms with E-state index in [-0.39, 0.29) is 18.8 Å². The van der Waals surface area contributed by atoms with E-state index in [0.717, 1.165) is 8.61 Å². The summed E-state index contributed by atoms with van der Waals surface area (Å²) in [5.41, 5.74) is -0.0578. The minimum Gasteiger partial charge on any atom is -0.480 e. The molecule has 104 valence electrons. The molecule has 6 nitrogen and oxygen atoms in total. The summed E-state index contributed by atoms with van der Waals surface area (Å²) in [7, 11) is -3.99. The lowest BCUT2D eigenvalue weighted by Crippen LogP contribution is -2.51. The van der Waals surface area contributed by atoms with Crippen molar-refractivity contribution in [3.63, 3.8) is 0 Å². The molecule has 1 aromatic rings. The molecule has 0 bridgehead atoms. The Hall–Kier alpha value is -1.67. The smallest absolute Gasteiger partial charge is 0.318 e. The van der Waals surface area contributed by atoms with Crippen LogP contribution in [0.4, 0.5) is 10.1 Å². The molecule has 0 amide bonds. The zero-order chi connectivity index (χ0) is 14.0. The number of rotatable bonds is 3. The monoisotopic (exact) mass is 288 g/mol. The number of halogens is 1. The summed E-state index contributed by atoms with van der Waals surface area (Å²) in [6, 6.07) is 5.52. The maximum absolute atomic E-state index is 13.7. The van der Waals surface area contributed by atoms with Crippen molar-refractivity contribution in [1.29, 1.82) is 0 Å². The van der Waals surface area contributed by atoms with Gasteiger partial charge in [-0.25, -0.2) is 4.39 Å². The third-order valence-electron chi connectivity index (χ3n) is 2.81. The molecule has 0 unspecified atom stereocenters. The van der Waals surface area contributed by atoms with Crippen LogP contribution in [0.2, 0.25) is 0 Å². The number of carboxylic acids is 1. The van der Waals surface area contributed by atoms with Gasteiger partial charge in [0.05, 0.1) is 5.69 Å². The first-order chi connectivity index (χ1) is 8.93. The minimum absolute atomic E-state index is 0.0578. The molecule has 1 aromatic carbocycles. The normalized spacial score (nSPS) is 19.3. The van der Waals surface area contributed by atoms with Crippen LogP contribution in [0.15, 0.2) is 24.3 Å². The van der Waals surface area contributed by atoms with Crippen LogP contribution in [0.25, 0.3) is 0 Å². The predicted molar refractivity (Wildman–Crippen MR) is 66.5 cm³/mol. The average molecular weight is 288 g/mol. The highest BCUT2D eigenvalue weighted by molar-refractivity contribution is 7.90. The Labute approximate surface area is 110 Å². The molecule has 1 saturated heterocycles. The van der Waals surface area contributed by atoms with Gasteiger partial charge in [0.15, 0.2) is 0 Å². The number of anilines is 1. The quantitative estimate of drug-likeness (QED) is 0.886. The molecule has 1 fully saturated rings. The number of carboxylic acid groups (broad SMARTS) is 1. The molecule has 0 saturated carbocycles. The summed E-state index contributed by atoms with van der Waals surface area (Å²) < 4.78 is 39.9. The van der Waals surface area contributed by atoms with Gasteiger partial charge in [-0.05, 0) is 18.6 Å². The van der Waals surface area contributed by atoms with E-state index in [1.54, 1.807) is 0 Å². The average Bonchev–Trinajstić information content (AvgIpc) is 2.32. The Morgan fingerprint density at radius 2 is 2.00 bits per heavy atom. The summed E-state index contributed by atoms with van der Waals surface area (Å²) in [6.45, 7) is -0.355. The molecule has 0 aliphatic carbocycles. The lowest BCUT2D eigenvalue weighted by molar-refractivity contribution is -0.137. The van der Waals surface area contributed by atoms with Crippen LogP contribution >= 0.6 is 0 Å². The Bertz CT molecular complexity index is 590. The van der Waals surface area contributed by atoms with Gasteiger partial charge >= 0.3 is 16.2 Å². The van der Waals surface area contributed by atoms with Gasteiger partial charge in [-0.2, -0.15) is 12.7 Å². The fraction of sp³-hybridized carbons (Fsp3) is 0.364. The topological polar surface area (TPSA) is 77.9 Å². The van der Waals surface area contributed by atoms with Gasteiger partial charge in [0.1, 0.15) is 12.4 Å². The highest BCUT2D eigenvalue weighted by atomic mass is 32.2. The fourth-order valence-electron chi connectivity index (χ4n) is 1.97. The third-order valence-corrected chi connectivity index (χ3v) is 4.71. The van der Waals surface area contributed by atoms with E-state index >= 15 is 0 Å². The number of carbonyl (C=O) groups is 1.